The van der Waals surface area contributed by atoms with Crippen LogP contribution >= 0.6 is 0 Å². The van der Waals surface area contributed by atoms with Crippen molar-refractivity contribution in [2.45, 2.75) is 90.6 Å². The summed E-state index contributed by atoms with van der Waals surface area (Å²) in [7, 11) is 0. The fourth-order valence-electron chi connectivity index (χ4n) is 8.39. The molecule has 4 aromatic heterocycles. The minimum Gasteiger partial charge on any atom is -0.342 e. The predicted octanol–water partition coefficient (Wildman–Crippen LogP) is 8.64. The van der Waals surface area contributed by atoms with Crippen molar-refractivity contribution < 1.29 is 22.8 Å². The SMILES string of the molecule is Cc1ccnc(N[C@H](C(=O)N2CCC[C@H]2c2ncc(-c3ccc(-c4ccc(-c5cnc([C@@H]6CCCN6C(=O)[C@@H](Nc6nccc(C(F)(F)F)n6)C(C)C)[nH]5)cc4)cc3)[nH]2)C(C)C)n1. The molecule has 17 heteroatoms. The van der Waals surface area contributed by atoms with Gasteiger partial charge in [-0.2, -0.15) is 13.2 Å². The van der Waals surface area contributed by atoms with Crippen molar-refractivity contribution >= 4 is 23.7 Å². The number of rotatable bonds is 13. The topological polar surface area (TPSA) is 174 Å². The van der Waals surface area contributed by atoms with Crippen LogP contribution in [-0.4, -0.2) is 86.7 Å². The van der Waals surface area contributed by atoms with Gasteiger partial charge in [0, 0.05) is 31.2 Å². The number of benzene rings is 2. The lowest BCUT2D eigenvalue weighted by Crippen LogP contribution is -2.45. The molecule has 6 aromatic rings. The van der Waals surface area contributed by atoms with Crippen molar-refractivity contribution in [1.29, 1.82) is 0 Å². The van der Waals surface area contributed by atoms with Gasteiger partial charge in [0.05, 0.1) is 35.9 Å². The van der Waals surface area contributed by atoms with Crippen LogP contribution in [0.2, 0.25) is 0 Å². The number of carbonyl (C=O) groups excluding carboxylic acids is 2. The van der Waals surface area contributed by atoms with Crippen LogP contribution in [0.15, 0.2) is 85.5 Å². The van der Waals surface area contributed by atoms with Gasteiger partial charge < -0.3 is 30.4 Å². The molecule has 2 aliphatic heterocycles. The molecule has 2 fully saturated rings. The van der Waals surface area contributed by atoms with Gasteiger partial charge in [-0.15, -0.1) is 0 Å². The number of amides is 2. The van der Waals surface area contributed by atoms with Crippen molar-refractivity contribution in [1.82, 2.24) is 49.7 Å². The minimum atomic E-state index is -4.63. The number of anilines is 2. The summed E-state index contributed by atoms with van der Waals surface area (Å²) in [5.41, 5.74) is 5.40. The minimum absolute atomic E-state index is 0.00732. The van der Waals surface area contributed by atoms with E-state index in [9.17, 15) is 22.8 Å². The van der Waals surface area contributed by atoms with Crippen molar-refractivity contribution in [3.63, 3.8) is 0 Å². The fraction of sp³-hybridized carbons (Fsp3) is 0.391. The van der Waals surface area contributed by atoms with Crippen LogP contribution in [0, 0.1) is 18.8 Å². The molecule has 2 amide bonds. The lowest BCUT2D eigenvalue weighted by Gasteiger charge is -2.30. The summed E-state index contributed by atoms with van der Waals surface area (Å²) in [5, 5.41) is 6.14. The average Bonchev–Trinajstić information content (AvgIpc) is 4.12. The first-order valence-electron chi connectivity index (χ1n) is 21.4. The van der Waals surface area contributed by atoms with Crippen molar-refractivity contribution in [2.24, 2.45) is 11.8 Å². The quantitative estimate of drug-likeness (QED) is 0.0881. The van der Waals surface area contributed by atoms with Crippen molar-refractivity contribution in [3.8, 4) is 33.6 Å². The lowest BCUT2D eigenvalue weighted by atomic mass is 10.0. The van der Waals surface area contributed by atoms with Gasteiger partial charge in [-0.25, -0.2) is 29.9 Å². The third-order valence-corrected chi connectivity index (χ3v) is 11.8. The van der Waals surface area contributed by atoms with E-state index in [-0.39, 0.29) is 41.7 Å². The Balaban J connectivity index is 0.908. The second kappa shape index (κ2) is 18.0. The van der Waals surface area contributed by atoms with Gasteiger partial charge >= 0.3 is 6.18 Å². The molecule has 14 nitrogen and oxygen atoms in total. The number of aryl methyl sites for hydroxylation is 1. The Labute approximate surface area is 363 Å². The highest BCUT2D eigenvalue weighted by molar-refractivity contribution is 5.86. The number of likely N-dealkylation sites (tertiary alicyclic amines) is 2. The van der Waals surface area contributed by atoms with E-state index in [1.54, 1.807) is 17.3 Å². The molecule has 0 saturated carbocycles. The summed E-state index contributed by atoms with van der Waals surface area (Å²) in [6.07, 6.45) is 4.83. The van der Waals surface area contributed by atoms with E-state index < -0.39 is 24.0 Å². The van der Waals surface area contributed by atoms with E-state index in [1.807, 2.05) is 63.9 Å². The Morgan fingerprint density at radius 3 is 1.49 bits per heavy atom. The number of aromatic amines is 2. The number of halogens is 3. The van der Waals surface area contributed by atoms with Crippen LogP contribution in [-0.2, 0) is 15.8 Å². The summed E-state index contributed by atoms with van der Waals surface area (Å²) in [5.74, 6) is 1.13. The van der Waals surface area contributed by atoms with Crippen molar-refractivity contribution in [3.05, 3.63) is 108 Å². The summed E-state index contributed by atoms with van der Waals surface area (Å²) in [6, 6.07) is 17.2. The fourth-order valence-corrected chi connectivity index (χ4v) is 8.39. The predicted molar refractivity (Wildman–Crippen MR) is 233 cm³/mol. The molecule has 2 aromatic carbocycles. The van der Waals surface area contributed by atoms with Gasteiger partial charge in [-0.05, 0) is 78.8 Å². The first-order valence-corrected chi connectivity index (χ1v) is 21.4. The lowest BCUT2D eigenvalue weighted by molar-refractivity contribution is -0.141. The van der Waals surface area contributed by atoms with E-state index in [1.165, 1.54) is 0 Å². The van der Waals surface area contributed by atoms with E-state index in [2.05, 4.69) is 81.9 Å². The maximum Gasteiger partial charge on any atom is 0.433 e. The maximum absolute atomic E-state index is 13.9. The zero-order chi connectivity index (χ0) is 44.4. The second-order valence-electron chi connectivity index (χ2n) is 16.9. The smallest absolute Gasteiger partial charge is 0.342 e. The van der Waals surface area contributed by atoms with Crippen LogP contribution in [0.5, 0.6) is 0 Å². The average molecular weight is 861 g/mol. The maximum atomic E-state index is 13.9. The molecule has 328 valence electrons. The molecule has 0 radical (unpaired) electrons. The summed E-state index contributed by atoms with van der Waals surface area (Å²) in [4.78, 5) is 64.2. The van der Waals surface area contributed by atoms with Crippen LogP contribution in [0.25, 0.3) is 33.6 Å². The number of aromatic nitrogens is 8. The number of carbonyl (C=O) groups is 2. The van der Waals surface area contributed by atoms with E-state index in [0.717, 1.165) is 76.7 Å². The van der Waals surface area contributed by atoms with Gasteiger partial charge in [0.15, 0.2) is 0 Å². The Bertz CT molecular complexity index is 2540. The molecule has 4 atom stereocenters. The monoisotopic (exact) mass is 860 g/mol. The van der Waals surface area contributed by atoms with Crippen LogP contribution in [0.3, 0.4) is 0 Å². The van der Waals surface area contributed by atoms with E-state index in [4.69, 9.17) is 4.98 Å². The largest absolute Gasteiger partial charge is 0.433 e. The van der Waals surface area contributed by atoms with Gasteiger partial charge in [-0.3, -0.25) is 9.59 Å². The molecule has 0 bridgehead atoms. The van der Waals surface area contributed by atoms with E-state index in [0.29, 0.717) is 31.3 Å². The Hall–Kier alpha value is -6.65. The van der Waals surface area contributed by atoms with Crippen LogP contribution < -0.4 is 10.6 Å². The number of imidazole rings is 2. The first-order chi connectivity index (χ1) is 30.2. The Morgan fingerprint density at radius 1 is 0.635 bits per heavy atom. The Morgan fingerprint density at radius 2 is 1.06 bits per heavy atom. The van der Waals surface area contributed by atoms with Gasteiger partial charge in [-0.1, -0.05) is 76.2 Å². The summed E-state index contributed by atoms with van der Waals surface area (Å²) < 4.78 is 39.9. The summed E-state index contributed by atoms with van der Waals surface area (Å²) >= 11 is 0. The molecule has 0 aliphatic carbocycles. The van der Waals surface area contributed by atoms with Crippen molar-refractivity contribution in [2.75, 3.05) is 23.7 Å². The molecular weight excluding hydrogens is 810 g/mol. The standard InChI is InChI=1S/C46H51F3N12O2/c1-26(2)38(58-44-50-20-18-28(5)54-44)42(62)60-22-6-8-35(60)40-52-24-33(55-40)31-14-10-29(11-15-31)30-12-16-32(17-13-30)34-25-53-41(56-34)36-9-7-23-61(36)43(63)39(27(3)4)59-45-51-21-19-37(57-45)46(47,48)49/h10-21,24-27,35-36,38-39H,6-9,22-23H2,1-5H3,(H,52,55)(H,53,56)(H,50,54,58)(H,51,57,59)/t35-,36-,38-,39-/m0/s1. The Kier molecular flexibility index (Phi) is 12.3. The normalized spacial score (nSPS) is 17.7. The molecule has 8 rings (SSSR count). The molecule has 6 heterocycles. The number of nitrogens with zero attached hydrogens (tertiary/aromatic N) is 8. The molecule has 2 saturated heterocycles. The zero-order valence-electron chi connectivity index (χ0n) is 35.8. The van der Waals surface area contributed by atoms with Gasteiger partial charge in [0.25, 0.3) is 0 Å². The summed E-state index contributed by atoms with van der Waals surface area (Å²) in [6.45, 7) is 10.7. The molecule has 2 aliphatic rings. The first kappa shape index (κ1) is 43.0. The highest BCUT2D eigenvalue weighted by Crippen LogP contribution is 2.36. The third-order valence-electron chi connectivity index (χ3n) is 11.8. The van der Waals surface area contributed by atoms with Gasteiger partial charge in [0.2, 0.25) is 23.7 Å². The van der Waals surface area contributed by atoms with Crippen LogP contribution in [0.1, 0.15) is 88.5 Å². The molecule has 0 unspecified atom stereocenters. The van der Waals surface area contributed by atoms with Gasteiger partial charge in [0.1, 0.15) is 29.4 Å². The molecule has 63 heavy (non-hydrogen) atoms. The second-order valence-corrected chi connectivity index (χ2v) is 16.9. The zero-order valence-corrected chi connectivity index (χ0v) is 35.8. The number of H-pyrrole nitrogens is 2. The number of alkyl halides is 3. The molecule has 0 spiro atoms. The highest BCUT2D eigenvalue weighted by atomic mass is 19.4. The van der Waals surface area contributed by atoms with E-state index >= 15 is 0 Å². The highest BCUT2D eigenvalue weighted by Gasteiger charge is 2.39. The van der Waals surface area contributed by atoms with Crippen LogP contribution in [0.4, 0.5) is 25.1 Å². The number of hydrogen-bond donors (Lipinski definition) is 4. The number of nitrogens with one attached hydrogen (secondary N) is 4. The number of hydrogen-bond acceptors (Lipinski definition) is 10. The molecular formula is C46H51F3N12O2. The molecule has 4 N–H and O–H groups in total. The third kappa shape index (κ3) is 9.42.